The van der Waals surface area contributed by atoms with Crippen LogP contribution in [0.2, 0.25) is 5.02 Å². The van der Waals surface area contributed by atoms with Crippen LogP contribution in [-0.2, 0) is 30.1 Å². The smallest absolute Gasteiger partial charge is 0.244 e. The van der Waals surface area contributed by atoms with Gasteiger partial charge in [-0.05, 0) is 107 Å². The van der Waals surface area contributed by atoms with E-state index in [1.807, 2.05) is 58.0 Å². The van der Waals surface area contributed by atoms with Crippen LogP contribution in [0.15, 0.2) is 106 Å². The second-order valence-electron chi connectivity index (χ2n) is 16.7. The van der Waals surface area contributed by atoms with Crippen LogP contribution in [0, 0.1) is 33.5 Å². The van der Waals surface area contributed by atoms with E-state index in [0.29, 0.717) is 21.8 Å². The quantitative estimate of drug-likeness (QED) is 0.0637. The molecule has 68 heavy (non-hydrogen) atoms. The van der Waals surface area contributed by atoms with Crippen LogP contribution in [0.3, 0.4) is 0 Å². The molecule has 0 atom stereocenters. The first-order chi connectivity index (χ1) is 32.2. The summed E-state index contributed by atoms with van der Waals surface area (Å²) >= 11 is 6.39. The number of hydrogen-bond acceptors (Lipinski definition) is 12. The Labute approximate surface area is 396 Å². The van der Waals surface area contributed by atoms with Crippen LogP contribution in [-0.4, -0.2) is 67.7 Å². The van der Waals surface area contributed by atoms with Crippen LogP contribution in [0.1, 0.15) is 48.5 Å². The molecule has 4 heterocycles. The highest BCUT2D eigenvalue weighted by molar-refractivity contribution is 7.90. The molecule has 0 spiro atoms. The molecule has 2 aliphatic rings. The minimum absolute atomic E-state index is 0.0196. The Morgan fingerprint density at radius 3 is 1.69 bits per heavy atom. The van der Waals surface area contributed by atoms with Crippen molar-refractivity contribution in [2.24, 2.45) is 5.14 Å². The zero-order chi connectivity index (χ0) is 48.3. The zero-order valence-corrected chi connectivity index (χ0v) is 40.1. The third-order valence-corrected chi connectivity index (χ3v) is 15.8. The van der Waals surface area contributed by atoms with E-state index < -0.39 is 35.9 Å². The lowest BCUT2D eigenvalue weighted by Gasteiger charge is -2.17. The van der Waals surface area contributed by atoms with E-state index in [2.05, 4.69) is 45.1 Å². The Kier molecular flexibility index (Phi) is 12.4. The lowest BCUT2D eigenvalue weighted by molar-refractivity contribution is 0.479. The zero-order valence-electron chi connectivity index (χ0n) is 36.8. The molecule has 7 N–H and O–H groups in total. The molecule has 2 aliphatic carbocycles. The molecular weight excluding hydrogens is 955 g/mol. The van der Waals surface area contributed by atoms with Crippen molar-refractivity contribution in [1.82, 2.24) is 39.8 Å². The van der Waals surface area contributed by atoms with Gasteiger partial charge in [0.1, 0.15) is 27.1 Å². The van der Waals surface area contributed by atoms with Gasteiger partial charge in [-0.15, -0.1) is 0 Å². The molecule has 8 aromatic rings. The maximum absolute atomic E-state index is 13.5. The van der Waals surface area contributed by atoms with Gasteiger partial charge in [0.05, 0.1) is 38.0 Å². The van der Waals surface area contributed by atoms with E-state index in [0.717, 1.165) is 70.7 Å². The number of fused-ring (bicyclic) bond motifs is 2. The molecule has 0 aliphatic heterocycles. The van der Waals surface area contributed by atoms with Crippen LogP contribution in [0.4, 0.5) is 15.8 Å². The SMILES string of the molecule is Cc1n[nH]c(C)c1-c1ccc2c(Cl)c(S(=O)(=O)NC3CC3)cnc2c1.Cc1n[nH]c(C)c1-c1ccc2c(Nc3cc(Oc4ccc(F)cc4)cc(S(N)(=O)=O)c3)c(S(=O)(=O)NC3CC3)cnc2c1. The van der Waals surface area contributed by atoms with Crippen molar-refractivity contribution in [3.05, 3.63) is 125 Å². The molecule has 2 saturated carbocycles. The van der Waals surface area contributed by atoms with Crippen LogP contribution in [0.25, 0.3) is 44.1 Å². The fourth-order valence-corrected chi connectivity index (χ4v) is 11.6. The van der Waals surface area contributed by atoms with Crippen molar-refractivity contribution in [2.75, 3.05) is 5.32 Å². The summed E-state index contributed by atoms with van der Waals surface area (Å²) < 4.78 is 101. The highest BCUT2D eigenvalue weighted by Gasteiger charge is 2.32. The van der Waals surface area contributed by atoms with E-state index in [9.17, 15) is 29.6 Å². The summed E-state index contributed by atoms with van der Waals surface area (Å²) in [6.07, 6.45) is 5.80. The van der Waals surface area contributed by atoms with Gasteiger partial charge in [0, 0.05) is 75.6 Å². The molecule has 0 amide bonds. The summed E-state index contributed by atoms with van der Waals surface area (Å²) in [7, 11) is -11.9. The van der Waals surface area contributed by atoms with E-state index in [4.69, 9.17) is 21.5 Å². The Morgan fingerprint density at radius 2 is 1.18 bits per heavy atom. The number of nitrogens with one attached hydrogen (secondary N) is 5. The molecule has 0 unspecified atom stereocenters. The van der Waals surface area contributed by atoms with Gasteiger partial charge < -0.3 is 10.1 Å². The standard InChI is InChI=1S/C29H27FN6O5S2.C17H17ClN4O2S/c1-16-28(17(2)35-34-16)18-3-10-25-26(11-18)32-15-27(43(39,40)36-20-6-7-20)29(25)33-21-12-23(14-24(13-21)42(31,37)38)41-22-8-4-19(30)5-9-22;1-9-16(10(2)21-20-9)11-3-6-13-14(7-11)19-8-15(17(13)18)25(23,24)22-12-4-5-12/h3-5,8-15,20,36H,6-7H2,1-2H3,(H,32,33)(H,34,35)(H2,31,37,38);3,6-8,12,22H,4-5H2,1-2H3,(H,20,21). The van der Waals surface area contributed by atoms with Gasteiger partial charge in [-0.2, -0.15) is 10.2 Å². The van der Waals surface area contributed by atoms with Crippen molar-refractivity contribution in [1.29, 1.82) is 0 Å². The fraction of sp³-hybridized carbons (Fsp3) is 0.217. The maximum atomic E-state index is 13.5. The summed E-state index contributed by atoms with van der Waals surface area (Å²) in [4.78, 5) is 8.45. The van der Waals surface area contributed by atoms with Crippen LogP contribution >= 0.6 is 11.6 Å². The Balaban J connectivity index is 0.000000195. The highest BCUT2D eigenvalue weighted by atomic mass is 35.5. The van der Waals surface area contributed by atoms with Gasteiger partial charge in [-0.25, -0.2) is 44.2 Å². The van der Waals surface area contributed by atoms with Gasteiger partial charge in [-0.1, -0.05) is 35.9 Å². The van der Waals surface area contributed by atoms with Crippen molar-refractivity contribution >= 4 is 74.9 Å². The average Bonchev–Trinajstić information content (AvgIpc) is 4.22. The average molecular weight is 1000 g/mol. The fourth-order valence-electron chi connectivity index (χ4n) is 7.72. The Morgan fingerprint density at radius 1 is 0.662 bits per heavy atom. The number of halogens is 2. The molecule has 2 fully saturated rings. The van der Waals surface area contributed by atoms with E-state index in [1.54, 1.807) is 6.07 Å². The molecular formula is C46H44ClFN10O7S3. The number of aromatic amines is 2. The number of hydrogen-bond donors (Lipinski definition) is 6. The summed E-state index contributed by atoms with van der Waals surface area (Å²) in [5, 5.41) is 24.2. The number of nitrogens with zero attached hydrogens (tertiary/aromatic N) is 4. The second-order valence-corrected chi connectivity index (χ2v) is 22.0. The third-order valence-electron chi connectivity index (χ3n) is 11.3. The lowest BCUT2D eigenvalue weighted by atomic mass is 10.0. The molecule has 17 nitrogen and oxygen atoms in total. The molecule has 10 rings (SSSR count). The first-order valence-electron chi connectivity index (χ1n) is 21.2. The second kappa shape index (κ2) is 18.0. The maximum Gasteiger partial charge on any atom is 0.244 e. The van der Waals surface area contributed by atoms with E-state index >= 15 is 0 Å². The number of benzene rings is 4. The predicted octanol–water partition coefficient (Wildman–Crippen LogP) is 8.34. The first-order valence-corrected chi connectivity index (χ1v) is 26.1. The summed E-state index contributed by atoms with van der Waals surface area (Å²) in [5.41, 5.74) is 8.79. The molecule has 0 bridgehead atoms. The topological polar surface area (TPSA) is 257 Å². The van der Waals surface area contributed by atoms with Gasteiger partial charge in [-0.3, -0.25) is 20.2 Å². The highest BCUT2D eigenvalue weighted by Crippen LogP contribution is 2.39. The number of nitrogens with two attached hydrogens (primary N) is 1. The van der Waals surface area contributed by atoms with E-state index in [-0.39, 0.29) is 54.7 Å². The van der Waals surface area contributed by atoms with Gasteiger partial charge in [0.2, 0.25) is 30.1 Å². The van der Waals surface area contributed by atoms with Crippen molar-refractivity contribution < 1.29 is 34.4 Å². The normalized spacial score (nSPS) is 14.2. The summed E-state index contributed by atoms with van der Waals surface area (Å²) in [6, 6.07) is 20.1. The van der Waals surface area contributed by atoms with Crippen LogP contribution < -0.4 is 24.6 Å². The Bertz CT molecular complexity index is 3600. The number of aromatic nitrogens is 6. The Hall–Kier alpha value is -6.33. The number of pyridine rings is 2. The number of primary sulfonamides is 1. The molecule has 0 saturated heterocycles. The molecule has 4 aromatic carbocycles. The van der Waals surface area contributed by atoms with Gasteiger partial charge in [0.15, 0.2) is 0 Å². The number of ether oxygens (including phenoxy) is 1. The third kappa shape index (κ3) is 9.95. The number of H-pyrrole nitrogens is 2. The number of sulfonamides is 3. The number of anilines is 2. The lowest BCUT2D eigenvalue weighted by Crippen LogP contribution is -2.26. The first kappa shape index (κ1) is 46.8. The number of aryl methyl sites for hydroxylation is 4. The van der Waals surface area contributed by atoms with Gasteiger partial charge >= 0.3 is 0 Å². The van der Waals surface area contributed by atoms with Crippen LogP contribution in [0.5, 0.6) is 11.5 Å². The van der Waals surface area contributed by atoms with Crippen molar-refractivity contribution in [2.45, 2.75) is 80.1 Å². The minimum Gasteiger partial charge on any atom is -0.457 e. The molecule has 22 heteroatoms. The summed E-state index contributed by atoms with van der Waals surface area (Å²) in [6.45, 7) is 7.68. The minimum atomic E-state index is -4.20. The largest absolute Gasteiger partial charge is 0.457 e. The van der Waals surface area contributed by atoms with Crippen molar-refractivity contribution in [3.8, 4) is 33.8 Å². The number of rotatable bonds is 13. The van der Waals surface area contributed by atoms with Crippen molar-refractivity contribution in [3.63, 3.8) is 0 Å². The monoisotopic (exact) mass is 998 g/mol. The molecule has 352 valence electrons. The molecule has 0 radical (unpaired) electrons. The predicted molar refractivity (Wildman–Crippen MR) is 257 cm³/mol. The van der Waals surface area contributed by atoms with Gasteiger partial charge in [0.25, 0.3) is 0 Å². The van der Waals surface area contributed by atoms with E-state index in [1.165, 1.54) is 54.9 Å². The summed E-state index contributed by atoms with van der Waals surface area (Å²) in [5.74, 6) is -0.136. The molecule has 4 aromatic heterocycles.